The van der Waals surface area contributed by atoms with Crippen LogP contribution in [0.25, 0.3) is 27.8 Å². The second-order valence-electron chi connectivity index (χ2n) is 10.6. The highest BCUT2D eigenvalue weighted by atomic mass is 16.1. The molecule has 1 amide bonds. The number of likely N-dealkylation sites (N-methyl/N-ethyl adjacent to an activating group) is 1. The van der Waals surface area contributed by atoms with Gasteiger partial charge in [0.05, 0.1) is 12.2 Å². The van der Waals surface area contributed by atoms with E-state index in [1.165, 1.54) is 51.7 Å². The fraction of sp³-hybridized carbons (Fsp3) is 0.464. The van der Waals surface area contributed by atoms with Crippen LogP contribution in [0.15, 0.2) is 36.8 Å². The molecule has 182 valence electrons. The molecule has 4 aromatic rings. The first kappa shape index (κ1) is 22.3. The molecule has 2 aliphatic rings. The molecule has 1 aliphatic carbocycles. The first-order chi connectivity index (χ1) is 17.0. The van der Waals surface area contributed by atoms with Crippen molar-refractivity contribution < 1.29 is 4.79 Å². The maximum absolute atomic E-state index is 11.8. The van der Waals surface area contributed by atoms with Crippen LogP contribution in [-0.2, 0) is 4.79 Å². The fourth-order valence-corrected chi connectivity index (χ4v) is 5.80. The number of nitrogens with zero attached hydrogens (tertiary/aromatic N) is 4. The molecule has 0 spiro atoms. The smallest absolute Gasteiger partial charge is 0.233 e. The summed E-state index contributed by atoms with van der Waals surface area (Å²) in [6.45, 7) is 7.00. The van der Waals surface area contributed by atoms with Gasteiger partial charge in [0, 0.05) is 35.3 Å². The number of nitrogens with one attached hydrogen (secondary N) is 2. The highest BCUT2D eigenvalue weighted by molar-refractivity contribution is 5.92. The number of hydrogen-bond acceptors (Lipinski definition) is 4. The van der Waals surface area contributed by atoms with Crippen molar-refractivity contribution in [3.8, 4) is 11.3 Å². The number of amides is 1. The molecule has 2 N–H and O–H groups in total. The van der Waals surface area contributed by atoms with Crippen molar-refractivity contribution in [2.45, 2.75) is 57.3 Å². The van der Waals surface area contributed by atoms with Crippen LogP contribution in [-0.4, -0.2) is 57.1 Å². The Morgan fingerprint density at radius 3 is 2.66 bits per heavy atom. The lowest BCUT2D eigenvalue weighted by molar-refractivity contribution is -0.122. The highest BCUT2D eigenvalue weighted by Crippen LogP contribution is 2.44. The maximum atomic E-state index is 11.8. The summed E-state index contributed by atoms with van der Waals surface area (Å²) < 4.78 is 1.94. The number of rotatable bonds is 6. The van der Waals surface area contributed by atoms with E-state index >= 15 is 0 Å². The van der Waals surface area contributed by atoms with Crippen LogP contribution in [0.5, 0.6) is 0 Å². The van der Waals surface area contributed by atoms with Crippen molar-refractivity contribution in [2.75, 3.05) is 26.7 Å². The number of fused-ring (bicyclic) bond motifs is 2. The Balaban J connectivity index is 1.35. The summed E-state index contributed by atoms with van der Waals surface area (Å²) in [5.41, 5.74) is 8.67. The number of likely N-dealkylation sites (tertiary alicyclic amines) is 1. The number of hydrogen-bond donors (Lipinski definition) is 2. The van der Waals surface area contributed by atoms with E-state index in [0.29, 0.717) is 24.3 Å². The van der Waals surface area contributed by atoms with Crippen LogP contribution < -0.4 is 5.32 Å². The first-order valence-electron chi connectivity index (χ1n) is 12.9. The van der Waals surface area contributed by atoms with Gasteiger partial charge in [-0.3, -0.25) is 9.69 Å². The molecule has 3 aromatic heterocycles. The van der Waals surface area contributed by atoms with Crippen molar-refractivity contribution in [2.24, 2.45) is 0 Å². The molecule has 2 fully saturated rings. The average Bonchev–Trinajstić information content (AvgIpc) is 3.47. The highest BCUT2D eigenvalue weighted by Gasteiger charge is 2.28. The van der Waals surface area contributed by atoms with Crippen LogP contribution in [0.3, 0.4) is 0 Å². The summed E-state index contributed by atoms with van der Waals surface area (Å²) in [7, 11) is 1.71. The Hall–Kier alpha value is -3.19. The average molecular weight is 471 g/mol. The number of aromatic amines is 1. The predicted octanol–water partition coefficient (Wildman–Crippen LogP) is 4.80. The van der Waals surface area contributed by atoms with Gasteiger partial charge in [0.1, 0.15) is 6.33 Å². The number of piperidine rings is 1. The zero-order chi connectivity index (χ0) is 24.1. The van der Waals surface area contributed by atoms with Crippen molar-refractivity contribution in [3.63, 3.8) is 0 Å². The van der Waals surface area contributed by atoms with Crippen molar-refractivity contribution in [1.29, 1.82) is 0 Å². The number of H-pyrrole nitrogens is 1. The van der Waals surface area contributed by atoms with Gasteiger partial charge in [0.25, 0.3) is 0 Å². The molecule has 0 radical (unpaired) electrons. The number of carbonyl (C=O) groups is 1. The Kier molecular flexibility index (Phi) is 5.60. The first-order valence-corrected chi connectivity index (χ1v) is 12.9. The molecule has 7 heteroatoms. The van der Waals surface area contributed by atoms with Gasteiger partial charge in [-0.1, -0.05) is 19.9 Å². The molecule has 1 saturated carbocycles. The van der Waals surface area contributed by atoms with Crippen LogP contribution in [0.2, 0.25) is 0 Å². The topological polar surface area (TPSA) is 78.3 Å². The molecule has 4 heterocycles. The van der Waals surface area contributed by atoms with E-state index in [1.807, 2.05) is 4.52 Å². The Bertz CT molecular complexity index is 1390. The zero-order valence-electron chi connectivity index (χ0n) is 20.8. The molecule has 1 aromatic carbocycles. The summed E-state index contributed by atoms with van der Waals surface area (Å²) in [5.74, 6) is 1.63. The number of benzene rings is 1. The predicted molar refractivity (Wildman–Crippen MR) is 139 cm³/mol. The molecular formula is C28H34N6O. The van der Waals surface area contributed by atoms with Gasteiger partial charge in [-0.15, -0.1) is 0 Å². The molecule has 0 bridgehead atoms. The van der Waals surface area contributed by atoms with E-state index in [4.69, 9.17) is 0 Å². The molecule has 1 aliphatic heterocycles. The SMILES string of the molecule is CNC(=O)CN1CCC(c2ccc3[nH]c(-c4cc(C5CC5)c5ncnn5c4)c(C(C)C)c3c2)CC1. The molecule has 35 heavy (non-hydrogen) atoms. The molecule has 7 nitrogen and oxygen atoms in total. The lowest BCUT2D eigenvalue weighted by Gasteiger charge is -2.31. The molecule has 0 atom stereocenters. The minimum atomic E-state index is 0.0974. The lowest BCUT2D eigenvalue weighted by Crippen LogP contribution is -2.40. The summed E-state index contributed by atoms with van der Waals surface area (Å²) in [6, 6.07) is 9.30. The van der Waals surface area contributed by atoms with Gasteiger partial charge in [-0.25, -0.2) is 9.50 Å². The summed E-state index contributed by atoms with van der Waals surface area (Å²) in [6.07, 6.45) is 8.43. The monoisotopic (exact) mass is 470 g/mol. The number of pyridine rings is 1. The van der Waals surface area contributed by atoms with E-state index in [1.54, 1.807) is 13.4 Å². The fourth-order valence-electron chi connectivity index (χ4n) is 5.80. The third-order valence-electron chi connectivity index (χ3n) is 7.85. The van der Waals surface area contributed by atoms with Gasteiger partial charge in [-0.2, -0.15) is 5.10 Å². The standard InChI is InChI=1S/C28H34N6O/c1-17(2)26-23-12-20(18-8-10-33(11-9-18)15-25(35)29-3)6-7-24(23)32-27(26)21-13-22(19-4-5-19)28-30-16-31-34(28)14-21/h6-7,12-14,16-19,32H,4-5,8-11,15H2,1-3H3,(H,29,35). The van der Waals surface area contributed by atoms with Crippen LogP contribution in [0.4, 0.5) is 0 Å². The summed E-state index contributed by atoms with van der Waals surface area (Å²) in [5, 5.41) is 8.53. The Morgan fingerprint density at radius 1 is 1.14 bits per heavy atom. The van der Waals surface area contributed by atoms with E-state index in [-0.39, 0.29) is 5.91 Å². The largest absolute Gasteiger partial charge is 0.358 e. The summed E-state index contributed by atoms with van der Waals surface area (Å²) in [4.78, 5) is 22.3. The van der Waals surface area contributed by atoms with Crippen molar-refractivity contribution in [1.82, 2.24) is 29.8 Å². The van der Waals surface area contributed by atoms with Gasteiger partial charge in [0.2, 0.25) is 5.91 Å². The van der Waals surface area contributed by atoms with Crippen LogP contribution >= 0.6 is 0 Å². The summed E-state index contributed by atoms with van der Waals surface area (Å²) >= 11 is 0. The molecule has 6 rings (SSSR count). The number of aromatic nitrogens is 4. The third kappa shape index (κ3) is 4.12. The maximum Gasteiger partial charge on any atom is 0.233 e. The van der Waals surface area contributed by atoms with Crippen LogP contribution in [0.1, 0.15) is 74.0 Å². The Morgan fingerprint density at radius 2 is 1.94 bits per heavy atom. The van der Waals surface area contributed by atoms with Gasteiger partial charge in [0.15, 0.2) is 5.65 Å². The minimum absolute atomic E-state index is 0.0974. The van der Waals surface area contributed by atoms with Crippen LogP contribution in [0, 0.1) is 0 Å². The Labute approximate surface area is 205 Å². The van der Waals surface area contributed by atoms with Gasteiger partial charge in [-0.05, 0) is 85.9 Å². The van der Waals surface area contributed by atoms with Gasteiger partial charge < -0.3 is 10.3 Å². The van der Waals surface area contributed by atoms with E-state index in [2.05, 4.69) is 69.6 Å². The second-order valence-corrected chi connectivity index (χ2v) is 10.6. The van der Waals surface area contributed by atoms with E-state index in [0.717, 1.165) is 31.6 Å². The van der Waals surface area contributed by atoms with Gasteiger partial charge >= 0.3 is 0 Å². The zero-order valence-corrected chi connectivity index (χ0v) is 20.8. The van der Waals surface area contributed by atoms with E-state index < -0.39 is 0 Å². The number of carbonyl (C=O) groups excluding carboxylic acids is 1. The minimum Gasteiger partial charge on any atom is -0.358 e. The molecular weight excluding hydrogens is 436 g/mol. The third-order valence-corrected chi connectivity index (χ3v) is 7.85. The lowest BCUT2D eigenvalue weighted by atomic mass is 9.87. The quantitative estimate of drug-likeness (QED) is 0.424. The second kappa shape index (κ2) is 8.79. The van der Waals surface area contributed by atoms with Crippen molar-refractivity contribution >= 4 is 22.5 Å². The normalized spacial score (nSPS) is 17.6. The molecule has 1 saturated heterocycles. The van der Waals surface area contributed by atoms with E-state index in [9.17, 15) is 4.79 Å². The molecule has 0 unspecified atom stereocenters. The van der Waals surface area contributed by atoms with Crippen molar-refractivity contribution in [3.05, 3.63) is 53.5 Å².